The minimum atomic E-state index is -1.14. The molecule has 2 rings (SSSR count). The summed E-state index contributed by atoms with van der Waals surface area (Å²) in [6.45, 7) is 4.46. The first kappa shape index (κ1) is 15.0. The average Bonchev–Trinajstić information content (AvgIpc) is 2.47. The fourth-order valence-electron chi connectivity index (χ4n) is 2.46. The number of hydrogen-bond donors (Lipinski definition) is 2. The zero-order chi connectivity index (χ0) is 15.6. The molecule has 0 unspecified atom stereocenters. The van der Waals surface area contributed by atoms with Gasteiger partial charge in [-0.1, -0.05) is 32.8 Å². The second-order valence-electron chi connectivity index (χ2n) is 5.06. The van der Waals surface area contributed by atoms with Crippen LogP contribution < -0.4 is 11.1 Å². The second kappa shape index (κ2) is 5.95. The summed E-state index contributed by atoms with van der Waals surface area (Å²) in [7, 11) is 0. The van der Waals surface area contributed by atoms with Gasteiger partial charge in [0.15, 0.2) is 0 Å². The molecule has 0 atom stereocenters. The highest BCUT2D eigenvalue weighted by Crippen LogP contribution is 2.17. The lowest BCUT2D eigenvalue weighted by Gasteiger charge is -2.16. The van der Waals surface area contributed by atoms with Gasteiger partial charge in [0.2, 0.25) is 0 Å². The number of carboxylic acids is 1. The van der Waals surface area contributed by atoms with Crippen LogP contribution >= 0.6 is 0 Å². The maximum Gasteiger partial charge on any atom is 0.337 e. The Balaban J connectivity index is 2.77. The SMILES string of the molecule is CCC(CC)Cn1c(=O)c(=O)[nH]c2c(C(=O)O)cccc21. The van der Waals surface area contributed by atoms with E-state index in [0.29, 0.717) is 12.1 Å². The molecular formula is C15H18N2O4. The number of hydrogen-bond acceptors (Lipinski definition) is 3. The number of fused-ring (bicyclic) bond motifs is 1. The predicted molar refractivity (Wildman–Crippen MR) is 79.9 cm³/mol. The molecule has 0 saturated heterocycles. The lowest BCUT2D eigenvalue weighted by molar-refractivity contribution is 0.0699. The van der Waals surface area contributed by atoms with Gasteiger partial charge in [-0.2, -0.15) is 0 Å². The maximum absolute atomic E-state index is 12.1. The van der Waals surface area contributed by atoms with Gasteiger partial charge in [-0.25, -0.2) is 4.79 Å². The van der Waals surface area contributed by atoms with E-state index in [1.54, 1.807) is 12.1 Å². The minimum Gasteiger partial charge on any atom is -0.478 e. The monoisotopic (exact) mass is 290 g/mol. The summed E-state index contributed by atoms with van der Waals surface area (Å²) >= 11 is 0. The number of aromatic carboxylic acids is 1. The third-order valence-corrected chi connectivity index (χ3v) is 3.84. The normalized spacial score (nSPS) is 11.2. The first-order valence-corrected chi connectivity index (χ1v) is 6.98. The highest BCUT2D eigenvalue weighted by Gasteiger charge is 2.16. The van der Waals surface area contributed by atoms with Gasteiger partial charge in [-0.3, -0.25) is 9.59 Å². The molecule has 1 heterocycles. The van der Waals surface area contributed by atoms with E-state index in [-0.39, 0.29) is 17.0 Å². The fourth-order valence-corrected chi connectivity index (χ4v) is 2.46. The number of rotatable bonds is 5. The van der Waals surface area contributed by atoms with E-state index in [1.807, 2.05) is 13.8 Å². The summed E-state index contributed by atoms with van der Waals surface area (Å²) in [5.41, 5.74) is -0.797. The van der Waals surface area contributed by atoms with Crippen LogP contribution in [0.5, 0.6) is 0 Å². The zero-order valence-electron chi connectivity index (χ0n) is 12.0. The van der Waals surface area contributed by atoms with E-state index in [9.17, 15) is 19.5 Å². The second-order valence-corrected chi connectivity index (χ2v) is 5.06. The lowest BCUT2D eigenvalue weighted by Crippen LogP contribution is -2.38. The molecule has 0 amide bonds. The fraction of sp³-hybridized carbons (Fsp3) is 0.400. The molecule has 0 bridgehead atoms. The summed E-state index contributed by atoms with van der Waals surface area (Å²) in [5, 5.41) is 9.20. The Morgan fingerprint density at radius 2 is 1.95 bits per heavy atom. The molecule has 0 radical (unpaired) electrons. The van der Waals surface area contributed by atoms with E-state index in [0.717, 1.165) is 12.8 Å². The molecule has 1 aromatic carbocycles. The van der Waals surface area contributed by atoms with E-state index in [4.69, 9.17) is 0 Å². The topological polar surface area (TPSA) is 92.2 Å². The van der Waals surface area contributed by atoms with Crippen molar-refractivity contribution in [2.24, 2.45) is 5.92 Å². The van der Waals surface area contributed by atoms with Crippen LogP contribution in [0.3, 0.4) is 0 Å². The lowest BCUT2D eigenvalue weighted by atomic mass is 10.0. The Morgan fingerprint density at radius 3 is 2.52 bits per heavy atom. The van der Waals surface area contributed by atoms with Gasteiger partial charge in [-0.05, 0) is 18.1 Å². The van der Waals surface area contributed by atoms with Crippen molar-refractivity contribution in [3.05, 3.63) is 44.5 Å². The smallest absolute Gasteiger partial charge is 0.337 e. The minimum absolute atomic E-state index is 0.0112. The largest absolute Gasteiger partial charge is 0.478 e. The van der Waals surface area contributed by atoms with E-state index >= 15 is 0 Å². The molecule has 0 fully saturated rings. The van der Waals surface area contributed by atoms with Crippen LogP contribution in [0.4, 0.5) is 0 Å². The predicted octanol–water partition coefficient (Wildman–Crippen LogP) is 1.82. The van der Waals surface area contributed by atoms with Crippen molar-refractivity contribution in [1.29, 1.82) is 0 Å². The van der Waals surface area contributed by atoms with Crippen molar-refractivity contribution in [1.82, 2.24) is 9.55 Å². The van der Waals surface area contributed by atoms with Crippen LogP contribution in [-0.4, -0.2) is 20.6 Å². The summed E-state index contributed by atoms with van der Waals surface area (Å²) in [6.07, 6.45) is 1.77. The van der Waals surface area contributed by atoms with Gasteiger partial charge in [0.05, 0.1) is 16.6 Å². The molecule has 2 N–H and O–H groups in total. The number of para-hydroxylation sites is 1. The van der Waals surface area contributed by atoms with Crippen molar-refractivity contribution in [3.8, 4) is 0 Å². The van der Waals surface area contributed by atoms with Crippen LogP contribution in [0.25, 0.3) is 11.0 Å². The van der Waals surface area contributed by atoms with Crippen molar-refractivity contribution in [3.63, 3.8) is 0 Å². The van der Waals surface area contributed by atoms with Gasteiger partial charge in [0.1, 0.15) is 0 Å². The number of aromatic nitrogens is 2. The number of nitrogens with one attached hydrogen (secondary N) is 1. The summed E-state index contributed by atoms with van der Waals surface area (Å²) in [5.74, 6) is -0.870. The number of benzene rings is 1. The van der Waals surface area contributed by atoms with Gasteiger partial charge >= 0.3 is 17.1 Å². The highest BCUT2D eigenvalue weighted by molar-refractivity contribution is 6.00. The Bertz CT molecular complexity index is 784. The Labute approximate surface area is 121 Å². The van der Waals surface area contributed by atoms with Crippen molar-refractivity contribution >= 4 is 17.0 Å². The molecule has 0 spiro atoms. The summed E-state index contributed by atoms with van der Waals surface area (Å²) < 4.78 is 1.39. The average molecular weight is 290 g/mol. The van der Waals surface area contributed by atoms with Gasteiger partial charge in [0, 0.05) is 6.54 Å². The molecule has 0 aliphatic carbocycles. The van der Waals surface area contributed by atoms with Crippen LogP contribution in [0.2, 0.25) is 0 Å². The third kappa shape index (κ3) is 2.74. The van der Waals surface area contributed by atoms with Crippen LogP contribution in [0.15, 0.2) is 27.8 Å². The van der Waals surface area contributed by atoms with Crippen molar-refractivity contribution in [2.75, 3.05) is 0 Å². The number of carbonyl (C=O) groups is 1. The van der Waals surface area contributed by atoms with Crippen molar-refractivity contribution in [2.45, 2.75) is 33.2 Å². The molecule has 0 saturated carbocycles. The molecule has 6 nitrogen and oxygen atoms in total. The van der Waals surface area contributed by atoms with Crippen LogP contribution in [0, 0.1) is 5.92 Å². The summed E-state index contributed by atoms with van der Waals surface area (Å²) in [6, 6.07) is 4.64. The molecule has 0 aliphatic heterocycles. The van der Waals surface area contributed by atoms with Crippen LogP contribution in [0.1, 0.15) is 37.0 Å². The molecule has 112 valence electrons. The Hall–Kier alpha value is -2.37. The van der Waals surface area contributed by atoms with Crippen molar-refractivity contribution < 1.29 is 9.90 Å². The molecule has 6 heteroatoms. The highest BCUT2D eigenvalue weighted by atomic mass is 16.4. The van der Waals surface area contributed by atoms with Gasteiger partial charge in [-0.15, -0.1) is 0 Å². The number of nitrogens with zero attached hydrogens (tertiary/aromatic N) is 1. The summed E-state index contributed by atoms with van der Waals surface area (Å²) in [4.78, 5) is 37.5. The standard InChI is InChI=1S/C15H18N2O4/c1-3-9(4-2)8-17-11-7-5-6-10(15(20)21)12(11)16-13(18)14(17)19/h5-7,9H,3-4,8H2,1-2H3,(H,16,18)(H,20,21). The Kier molecular flexibility index (Phi) is 4.26. The third-order valence-electron chi connectivity index (χ3n) is 3.84. The van der Waals surface area contributed by atoms with E-state index in [2.05, 4.69) is 4.98 Å². The molecule has 21 heavy (non-hydrogen) atoms. The molecular weight excluding hydrogens is 272 g/mol. The van der Waals surface area contributed by atoms with Crippen LogP contribution in [-0.2, 0) is 6.54 Å². The van der Waals surface area contributed by atoms with Gasteiger partial charge < -0.3 is 14.7 Å². The van der Waals surface area contributed by atoms with E-state index in [1.165, 1.54) is 10.6 Å². The number of H-pyrrole nitrogens is 1. The molecule has 0 aliphatic rings. The first-order valence-electron chi connectivity index (χ1n) is 6.98. The number of aromatic amines is 1. The Morgan fingerprint density at radius 1 is 1.29 bits per heavy atom. The maximum atomic E-state index is 12.1. The van der Waals surface area contributed by atoms with Gasteiger partial charge in [0.25, 0.3) is 0 Å². The van der Waals surface area contributed by atoms with E-state index < -0.39 is 17.1 Å². The molecule has 1 aromatic heterocycles. The first-order chi connectivity index (χ1) is 9.99. The zero-order valence-corrected chi connectivity index (χ0v) is 12.0. The number of carboxylic acid groups (broad SMARTS) is 1. The quantitative estimate of drug-likeness (QED) is 0.822. The molecule has 2 aromatic rings.